The molecule has 0 radical (unpaired) electrons. The maximum atomic E-state index is 13.0. The molecule has 0 unspecified atom stereocenters. The zero-order valence-corrected chi connectivity index (χ0v) is 17.3. The zero-order valence-electron chi connectivity index (χ0n) is 15.7. The van der Waals surface area contributed by atoms with Crippen LogP contribution in [0.1, 0.15) is 29.1 Å². The molecule has 0 spiro atoms. The van der Waals surface area contributed by atoms with Crippen molar-refractivity contribution >= 4 is 38.2 Å². The summed E-state index contributed by atoms with van der Waals surface area (Å²) >= 11 is 1.23. The lowest BCUT2D eigenvalue weighted by molar-refractivity contribution is -0.116. The summed E-state index contributed by atoms with van der Waals surface area (Å²) < 4.78 is 43.8. The topological polar surface area (TPSA) is 92.8 Å². The lowest BCUT2D eigenvalue weighted by Crippen LogP contribution is -2.35. The van der Waals surface area contributed by atoms with Crippen LogP contribution in [0.25, 0.3) is 0 Å². The van der Waals surface area contributed by atoms with Crippen molar-refractivity contribution in [2.24, 2.45) is 0 Å². The normalized spacial score (nSPS) is 11.5. The number of anilines is 1. The fourth-order valence-electron chi connectivity index (χ4n) is 2.31. The number of carbonyl (C=O) groups is 2. The van der Waals surface area contributed by atoms with Gasteiger partial charge >= 0.3 is 5.97 Å². The Hall–Kier alpha value is -2.30. The fourth-order valence-corrected chi connectivity index (χ4v) is 4.44. The second kappa shape index (κ2) is 9.26. The van der Waals surface area contributed by atoms with Gasteiger partial charge < -0.3 is 10.1 Å². The van der Waals surface area contributed by atoms with Crippen LogP contribution in [0.2, 0.25) is 0 Å². The number of thiophene rings is 1. The highest BCUT2D eigenvalue weighted by Crippen LogP contribution is 2.29. The van der Waals surface area contributed by atoms with Gasteiger partial charge in [0, 0.05) is 11.9 Å². The number of hydrogen-bond donors (Lipinski definition) is 1. The highest BCUT2D eigenvalue weighted by molar-refractivity contribution is 7.89. The van der Waals surface area contributed by atoms with Crippen LogP contribution in [0, 0.1) is 5.82 Å². The first-order chi connectivity index (χ1) is 13.2. The first-order valence-corrected chi connectivity index (χ1v) is 10.8. The standard InChI is InChI=1S/C18H21FN2O5S2/c1-4-13-10-15(18(23)26-5-2)17(27-13)20-16(22)11-21(3)28(24,25)14-8-6-12(19)7-9-14/h6-10H,4-5,11H2,1-3H3,(H,20,22). The molecule has 0 atom stereocenters. The minimum Gasteiger partial charge on any atom is -0.462 e. The maximum absolute atomic E-state index is 13.0. The summed E-state index contributed by atoms with van der Waals surface area (Å²) in [5.74, 6) is -1.72. The Kier molecular flexibility index (Phi) is 7.28. The Morgan fingerprint density at radius 2 is 1.86 bits per heavy atom. The average Bonchev–Trinajstić information content (AvgIpc) is 3.05. The molecular weight excluding hydrogens is 407 g/mol. The third-order valence-corrected chi connectivity index (χ3v) is 6.78. The van der Waals surface area contributed by atoms with Crippen molar-refractivity contribution < 1.29 is 27.1 Å². The molecule has 28 heavy (non-hydrogen) atoms. The molecule has 2 aromatic rings. The smallest absolute Gasteiger partial charge is 0.341 e. The third-order valence-electron chi connectivity index (χ3n) is 3.77. The number of sulfonamides is 1. The minimum absolute atomic E-state index is 0.124. The van der Waals surface area contributed by atoms with E-state index in [0.29, 0.717) is 11.4 Å². The van der Waals surface area contributed by atoms with Gasteiger partial charge in [0.2, 0.25) is 15.9 Å². The Morgan fingerprint density at radius 1 is 1.21 bits per heavy atom. The van der Waals surface area contributed by atoms with Gasteiger partial charge in [0.1, 0.15) is 10.8 Å². The number of nitrogens with zero attached hydrogens (tertiary/aromatic N) is 1. The third kappa shape index (κ3) is 5.15. The number of likely N-dealkylation sites (N-methyl/N-ethyl adjacent to an activating group) is 1. The molecule has 1 amide bonds. The Balaban J connectivity index is 2.14. The van der Waals surface area contributed by atoms with Crippen LogP contribution in [0.5, 0.6) is 0 Å². The summed E-state index contributed by atoms with van der Waals surface area (Å²) in [5.41, 5.74) is 0.237. The quantitative estimate of drug-likeness (QED) is 0.653. The number of esters is 1. The molecule has 1 heterocycles. The Morgan fingerprint density at radius 3 is 2.43 bits per heavy atom. The van der Waals surface area contributed by atoms with Gasteiger partial charge in [-0.2, -0.15) is 4.31 Å². The second-order valence-corrected chi connectivity index (χ2v) is 8.97. The van der Waals surface area contributed by atoms with E-state index in [4.69, 9.17) is 4.74 Å². The maximum Gasteiger partial charge on any atom is 0.341 e. The molecule has 0 aliphatic carbocycles. The van der Waals surface area contributed by atoms with Crippen molar-refractivity contribution in [3.05, 3.63) is 46.6 Å². The van der Waals surface area contributed by atoms with Crippen molar-refractivity contribution in [3.63, 3.8) is 0 Å². The first-order valence-electron chi connectivity index (χ1n) is 8.50. The lowest BCUT2D eigenvalue weighted by Gasteiger charge is -2.16. The number of amides is 1. The number of halogens is 1. The van der Waals surface area contributed by atoms with Crippen LogP contribution in [0.4, 0.5) is 9.39 Å². The Labute approximate surface area is 167 Å². The minimum atomic E-state index is -3.96. The van der Waals surface area contributed by atoms with E-state index in [9.17, 15) is 22.4 Å². The molecule has 1 aromatic carbocycles. The summed E-state index contributed by atoms with van der Waals surface area (Å²) in [7, 11) is -2.71. The number of hydrogen-bond acceptors (Lipinski definition) is 6. The largest absolute Gasteiger partial charge is 0.462 e. The van der Waals surface area contributed by atoms with Gasteiger partial charge in [-0.3, -0.25) is 4.79 Å². The van der Waals surface area contributed by atoms with Gasteiger partial charge in [0.25, 0.3) is 0 Å². The van der Waals surface area contributed by atoms with E-state index >= 15 is 0 Å². The van der Waals surface area contributed by atoms with Crippen LogP contribution in [-0.4, -0.2) is 44.8 Å². The summed E-state index contributed by atoms with van der Waals surface area (Å²) in [5, 5.41) is 2.89. The summed E-state index contributed by atoms with van der Waals surface area (Å²) in [4.78, 5) is 25.2. The molecular formula is C18H21FN2O5S2. The predicted molar refractivity (Wildman–Crippen MR) is 104 cm³/mol. The summed E-state index contributed by atoms with van der Waals surface area (Å²) in [6.07, 6.45) is 0.672. The molecule has 7 nitrogen and oxygen atoms in total. The highest BCUT2D eigenvalue weighted by atomic mass is 32.2. The monoisotopic (exact) mass is 428 g/mol. The van der Waals surface area contributed by atoms with Gasteiger partial charge in [0.15, 0.2) is 0 Å². The lowest BCUT2D eigenvalue weighted by atomic mass is 10.2. The van der Waals surface area contributed by atoms with Crippen molar-refractivity contribution in [1.82, 2.24) is 4.31 Å². The molecule has 2 rings (SSSR count). The van der Waals surface area contributed by atoms with E-state index < -0.39 is 34.3 Å². The molecule has 10 heteroatoms. The van der Waals surface area contributed by atoms with E-state index in [-0.39, 0.29) is 17.1 Å². The molecule has 0 aliphatic heterocycles. The summed E-state index contributed by atoms with van der Waals surface area (Å²) in [6.45, 7) is 3.32. The molecule has 0 bridgehead atoms. The van der Waals surface area contributed by atoms with Gasteiger partial charge in [-0.05, 0) is 43.7 Å². The van der Waals surface area contributed by atoms with E-state index in [1.165, 1.54) is 18.4 Å². The van der Waals surface area contributed by atoms with Crippen LogP contribution in [0.15, 0.2) is 35.2 Å². The second-order valence-electron chi connectivity index (χ2n) is 5.79. The van der Waals surface area contributed by atoms with Crippen LogP contribution < -0.4 is 5.32 Å². The zero-order chi connectivity index (χ0) is 20.9. The molecule has 1 N–H and O–H groups in total. The van der Waals surface area contributed by atoms with Crippen molar-refractivity contribution in [2.45, 2.75) is 25.2 Å². The van der Waals surface area contributed by atoms with Crippen LogP contribution in [0.3, 0.4) is 0 Å². The number of rotatable bonds is 8. The van der Waals surface area contributed by atoms with Gasteiger partial charge in [-0.15, -0.1) is 11.3 Å². The molecule has 0 aliphatic rings. The molecule has 0 saturated heterocycles. The number of nitrogens with one attached hydrogen (secondary N) is 1. The van der Waals surface area contributed by atoms with Crippen molar-refractivity contribution in [3.8, 4) is 0 Å². The predicted octanol–water partition coefficient (Wildman–Crippen LogP) is 2.89. The number of aryl methyl sites for hydroxylation is 1. The molecule has 0 saturated carbocycles. The van der Waals surface area contributed by atoms with E-state index in [1.54, 1.807) is 13.0 Å². The van der Waals surface area contributed by atoms with Crippen LogP contribution in [-0.2, 0) is 26.0 Å². The van der Waals surface area contributed by atoms with E-state index in [0.717, 1.165) is 33.4 Å². The fraction of sp³-hybridized carbons (Fsp3) is 0.333. The Bertz CT molecular complexity index is 955. The van der Waals surface area contributed by atoms with Gasteiger partial charge in [0.05, 0.1) is 23.6 Å². The first kappa shape index (κ1) is 22.0. The average molecular weight is 429 g/mol. The molecule has 0 fully saturated rings. The molecule has 152 valence electrons. The van der Waals surface area contributed by atoms with E-state index in [1.807, 2.05) is 6.92 Å². The highest BCUT2D eigenvalue weighted by Gasteiger charge is 2.24. The van der Waals surface area contributed by atoms with Gasteiger partial charge in [-0.1, -0.05) is 6.92 Å². The number of benzene rings is 1. The number of ether oxygens (including phenoxy) is 1. The SMILES string of the molecule is CCOC(=O)c1cc(CC)sc1NC(=O)CN(C)S(=O)(=O)c1ccc(F)cc1. The van der Waals surface area contributed by atoms with Crippen LogP contribution >= 0.6 is 11.3 Å². The van der Waals surface area contributed by atoms with Gasteiger partial charge in [-0.25, -0.2) is 17.6 Å². The van der Waals surface area contributed by atoms with Crippen molar-refractivity contribution in [1.29, 1.82) is 0 Å². The molecule has 1 aromatic heterocycles. The van der Waals surface area contributed by atoms with E-state index in [2.05, 4.69) is 5.32 Å². The summed E-state index contributed by atoms with van der Waals surface area (Å²) in [6, 6.07) is 5.97. The van der Waals surface area contributed by atoms with Crippen molar-refractivity contribution in [2.75, 3.05) is 25.5 Å². The number of carbonyl (C=O) groups excluding carboxylic acids is 2.